The van der Waals surface area contributed by atoms with Crippen LogP contribution in [0.2, 0.25) is 0 Å². The predicted molar refractivity (Wildman–Crippen MR) is 112 cm³/mol. The number of aromatic nitrogens is 2. The number of carbonyl (C=O) groups is 1. The topological polar surface area (TPSA) is 73.3 Å². The summed E-state index contributed by atoms with van der Waals surface area (Å²) in [5, 5.41) is 4.23. The van der Waals surface area contributed by atoms with Crippen LogP contribution in [0.5, 0.6) is 11.5 Å². The van der Waals surface area contributed by atoms with E-state index in [0.717, 1.165) is 38.0 Å². The maximum absolute atomic E-state index is 12.4. The lowest BCUT2D eigenvalue weighted by Crippen LogP contribution is -2.20. The molecule has 6 nitrogen and oxygen atoms in total. The van der Waals surface area contributed by atoms with E-state index >= 15 is 0 Å². The van der Waals surface area contributed by atoms with Crippen LogP contribution in [0.4, 0.5) is 5.13 Å². The molecule has 2 aromatic heterocycles. The second kappa shape index (κ2) is 7.44. The zero-order valence-electron chi connectivity index (χ0n) is 15.8. The number of aryl methyl sites for hydroxylation is 2. The van der Waals surface area contributed by atoms with Crippen molar-refractivity contribution in [3.05, 3.63) is 53.7 Å². The fraction of sp³-hybridized carbons (Fsp3) is 0.190. The number of hydrogen-bond donors (Lipinski definition) is 1. The van der Waals surface area contributed by atoms with Crippen LogP contribution in [0, 0.1) is 13.8 Å². The van der Waals surface area contributed by atoms with E-state index in [1.165, 1.54) is 11.3 Å². The maximum atomic E-state index is 12.4. The fourth-order valence-electron chi connectivity index (χ4n) is 3.13. The Morgan fingerprint density at radius 3 is 2.68 bits per heavy atom. The molecule has 0 unspecified atom stereocenters. The Balaban J connectivity index is 1.56. The van der Waals surface area contributed by atoms with Gasteiger partial charge in [0, 0.05) is 17.6 Å². The zero-order chi connectivity index (χ0) is 19.7. The second-order valence-corrected chi connectivity index (χ2v) is 7.43. The molecule has 7 heteroatoms. The Bertz CT molecular complexity index is 1170. The molecule has 142 valence electrons. The predicted octanol–water partition coefficient (Wildman–Crippen LogP) is 4.49. The number of pyridine rings is 1. The summed E-state index contributed by atoms with van der Waals surface area (Å²) in [6, 6.07) is 11.6. The molecule has 0 radical (unpaired) electrons. The van der Waals surface area contributed by atoms with Crippen LogP contribution in [0.3, 0.4) is 0 Å². The average molecular weight is 393 g/mol. The van der Waals surface area contributed by atoms with E-state index in [0.29, 0.717) is 10.9 Å². The van der Waals surface area contributed by atoms with Gasteiger partial charge in [-0.05, 0) is 37.1 Å². The first kappa shape index (κ1) is 18.2. The normalized spacial score (nSPS) is 11.0. The highest BCUT2D eigenvalue weighted by molar-refractivity contribution is 7.22. The van der Waals surface area contributed by atoms with Gasteiger partial charge < -0.3 is 9.47 Å². The first-order valence-corrected chi connectivity index (χ1v) is 9.59. The Morgan fingerprint density at radius 1 is 1.14 bits per heavy atom. The summed E-state index contributed by atoms with van der Waals surface area (Å²) in [7, 11) is 1.61. The zero-order valence-corrected chi connectivity index (χ0v) is 16.6. The van der Waals surface area contributed by atoms with E-state index in [1.54, 1.807) is 13.3 Å². The molecule has 2 heterocycles. The Labute approximate surface area is 166 Å². The van der Waals surface area contributed by atoms with Gasteiger partial charge in [0.25, 0.3) is 5.91 Å². The molecule has 0 aliphatic carbocycles. The summed E-state index contributed by atoms with van der Waals surface area (Å²) < 4.78 is 12.1. The average Bonchev–Trinajstić information content (AvgIpc) is 3.09. The van der Waals surface area contributed by atoms with Crippen LogP contribution in [0.1, 0.15) is 11.1 Å². The van der Waals surface area contributed by atoms with Crippen molar-refractivity contribution in [2.75, 3.05) is 19.0 Å². The van der Waals surface area contributed by atoms with Crippen LogP contribution in [-0.2, 0) is 4.79 Å². The molecule has 1 N–H and O–H groups in total. The Kier molecular flexibility index (Phi) is 4.83. The SMILES string of the molecule is COc1cc2sc(NC(=O)COc3c(C)cccc3C)nc2c2cccnc12. The quantitative estimate of drug-likeness (QED) is 0.541. The fourth-order valence-corrected chi connectivity index (χ4v) is 4.06. The molecule has 4 rings (SSSR count). The number of benzene rings is 2. The second-order valence-electron chi connectivity index (χ2n) is 6.40. The summed E-state index contributed by atoms with van der Waals surface area (Å²) >= 11 is 1.39. The number of thiazole rings is 1. The van der Waals surface area contributed by atoms with Gasteiger partial charge in [-0.3, -0.25) is 15.1 Å². The molecule has 0 saturated heterocycles. The van der Waals surface area contributed by atoms with E-state index in [1.807, 2.05) is 50.2 Å². The lowest BCUT2D eigenvalue weighted by Gasteiger charge is -2.11. The number of methoxy groups -OCH3 is 1. The Morgan fingerprint density at radius 2 is 1.93 bits per heavy atom. The minimum Gasteiger partial charge on any atom is -0.494 e. The summed E-state index contributed by atoms with van der Waals surface area (Å²) in [4.78, 5) is 21.3. The molecule has 0 bridgehead atoms. The van der Waals surface area contributed by atoms with E-state index in [-0.39, 0.29) is 12.5 Å². The Hall–Kier alpha value is -3.19. The smallest absolute Gasteiger partial charge is 0.264 e. The van der Waals surface area contributed by atoms with E-state index in [4.69, 9.17) is 9.47 Å². The van der Waals surface area contributed by atoms with Crippen LogP contribution >= 0.6 is 11.3 Å². The van der Waals surface area contributed by atoms with Gasteiger partial charge in [0.05, 0.1) is 17.3 Å². The van der Waals surface area contributed by atoms with E-state index in [2.05, 4.69) is 15.3 Å². The largest absolute Gasteiger partial charge is 0.494 e. The molecule has 0 saturated carbocycles. The lowest BCUT2D eigenvalue weighted by atomic mass is 10.1. The highest BCUT2D eigenvalue weighted by Crippen LogP contribution is 2.36. The minimum atomic E-state index is -0.254. The van der Waals surface area contributed by atoms with Gasteiger partial charge in [0.2, 0.25) is 0 Å². The highest BCUT2D eigenvalue weighted by atomic mass is 32.1. The number of anilines is 1. The molecular weight excluding hydrogens is 374 g/mol. The molecule has 0 aliphatic rings. The number of hydrogen-bond acceptors (Lipinski definition) is 6. The van der Waals surface area contributed by atoms with Crippen molar-refractivity contribution < 1.29 is 14.3 Å². The van der Waals surface area contributed by atoms with Gasteiger partial charge in [-0.25, -0.2) is 4.98 Å². The third kappa shape index (κ3) is 3.36. The van der Waals surface area contributed by atoms with Crippen molar-refractivity contribution in [3.8, 4) is 11.5 Å². The number of ether oxygens (including phenoxy) is 2. The van der Waals surface area contributed by atoms with Crippen LogP contribution in [-0.4, -0.2) is 29.6 Å². The number of fused-ring (bicyclic) bond motifs is 3. The molecule has 2 aromatic carbocycles. The van der Waals surface area contributed by atoms with E-state index < -0.39 is 0 Å². The molecule has 0 aliphatic heterocycles. The van der Waals surface area contributed by atoms with Crippen molar-refractivity contribution in [1.82, 2.24) is 9.97 Å². The van der Waals surface area contributed by atoms with Crippen LogP contribution < -0.4 is 14.8 Å². The van der Waals surface area contributed by atoms with Crippen molar-refractivity contribution in [2.24, 2.45) is 0 Å². The molecule has 0 spiro atoms. The van der Waals surface area contributed by atoms with Crippen molar-refractivity contribution >= 4 is 43.5 Å². The first-order chi connectivity index (χ1) is 13.6. The number of nitrogens with zero attached hydrogens (tertiary/aromatic N) is 2. The van der Waals surface area contributed by atoms with Gasteiger partial charge in [-0.1, -0.05) is 29.5 Å². The van der Waals surface area contributed by atoms with Crippen LogP contribution in [0.15, 0.2) is 42.6 Å². The van der Waals surface area contributed by atoms with Gasteiger partial charge in [-0.15, -0.1) is 0 Å². The molecule has 28 heavy (non-hydrogen) atoms. The van der Waals surface area contributed by atoms with Crippen LogP contribution in [0.25, 0.3) is 21.1 Å². The summed E-state index contributed by atoms with van der Waals surface area (Å²) in [6.45, 7) is 3.84. The molecule has 1 amide bonds. The number of carbonyl (C=O) groups excluding carboxylic acids is 1. The molecular formula is C21H19N3O3S. The highest BCUT2D eigenvalue weighted by Gasteiger charge is 2.15. The van der Waals surface area contributed by atoms with Crippen molar-refractivity contribution in [1.29, 1.82) is 0 Å². The van der Waals surface area contributed by atoms with Crippen molar-refractivity contribution in [2.45, 2.75) is 13.8 Å². The number of nitrogens with one attached hydrogen (secondary N) is 1. The summed E-state index contributed by atoms with van der Waals surface area (Å²) in [6.07, 6.45) is 1.72. The van der Waals surface area contributed by atoms with Crippen molar-refractivity contribution in [3.63, 3.8) is 0 Å². The van der Waals surface area contributed by atoms with Gasteiger partial charge in [0.15, 0.2) is 11.7 Å². The maximum Gasteiger partial charge on any atom is 0.264 e. The monoisotopic (exact) mass is 393 g/mol. The standard InChI is InChI=1S/C21H19N3O3S/c1-12-6-4-7-13(2)20(12)27-11-17(25)23-21-24-19-14-8-5-9-22-18(14)15(26-3)10-16(19)28-21/h4-10H,11H2,1-3H3,(H,23,24,25). The van der Waals surface area contributed by atoms with Gasteiger partial charge >= 0.3 is 0 Å². The molecule has 0 atom stereocenters. The number of amides is 1. The third-order valence-electron chi connectivity index (χ3n) is 4.43. The third-order valence-corrected chi connectivity index (χ3v) is 5.35. The van der Waals surface area contributed by atoms with Gasteiger partial charge in [-0.2, -0.15) is 0 Å². The number of para-hydroxylation sites is 1. The minimum absolute atomic E-state index is 0.0761. The summed E-state index contributed by atoms with van der Waals surface area (Å²) in [5.74, 6) is 1.17. The molecule has 4 aromatic rings. The first-order valence-electron chi connectivity index (χ1n) is 8.78. The lowest BCUT2D eigenvalue weighted by molar-refractivity contribution is -0.118. The molecule has 0 fully saturated rings. The van der Waals surface area contributed by atoms with Gasteiger partial charge in [0.1, 0.15) is 17.0 Å². The number of rotatable bonds is 5. The summed E-state index contributed by atoms with van der Waals surface area (Å²) in [5.41, 5.74) is 3.54. The van der Waals surface area contributed by atoms with E-state index in [9.17, 15) is 4.79 Å².